The number of anilines is 1. The van der Waals surface area contributed by atoms with Crippen molar-refractivity contribution < 1.29 is 18.0 Å². The number of rotatable bonds is 12. The summed E-state index contributed by atoms with van der Waals surface area (Å²) in [4.78, 5) is 30.3. The van der Waals surface area contributed by atoms with E-state index in [-0.39, 0.29) is 23.4 Å². The van der Waals surface area contributed by atoms with Crippen LogP contribution in [0.1, 0.15) is 48.8 Å². The summed E-state index contributed by atoms with van der Waals surface area (Å²) in [6.45, 7) is 1.61. The van der Waals surface area contributed by atoms with Gasteiger partial charge in [-0.25, -0.2) is 8.42 Å². The van der Waals surface area contributed by atoms with E-state index >= 15 is 0 Å². The molecule has 1 fully saturated rings. The van der Waals surface area contributed by atoms with E-state index in [0.717, 1.165) is 53.1 Å². The molecule has 4 aromatic carbocycles. The molecule has 7 nitrogen and oxygen atoms in total. The van der Waals surface area contributed by atoms with Crippen molar-refractivity contribution in [3.8, 4) is 0 Å². The number of nitrogens with one attached hydrogen (secondary N) is 1. The van der Waals surface area contributed by atoms with Crippen LogP contribution in [-0.4, -0.2) is 43.8 Å². The maximum absolute atomic E-state index is 14.5. The van der Waals surface area contributed by atoms with Crippen LogP contribution in [0.3, 0.4) is 0 Å². The van der Waals surface area contributed by atoms with Crippen LogP contribution in [0.15, 0.2) is 120 Å². The number of nitrogens with zero attached hydrogens (tertiary/aromatic N) is 2. The Hall–Kier alpha value is -4.43. The topological polar surface area (TPSA) is 86.8 Å². The molecule has 8 heteroatoms. The molecule has 234 valence electrons. The molecule has 2 amide bonds. The van der Waals surface area contributed by atoms with Crippen molar-refractivity contribution in [3.05, 3.63) is 132 Å². The van der Waals surface area contributed by atoms with E-state index in [4.69, 9.17) is 0 Å². The summed E-state index contributed by atoms with van der Waals surface area (Å²) in [5.41, 5.74) is 3.11. The van der Waals surface area contributed by atoms with Crippen LogP contribution in [0.5, 0.6) is 0 Å². The highest BCUT2D eigenvalue weighted by atomic mass is 32.2. The van der Waals surface area contributed by atoms with Gasteiger partial charge < -0.3 is 10.2 Å². The normalized spacial score (nSPS) is 14.3. The number of carbonyl (C=O) groups excluding carboxylic acids is 2. The van der Waals surface area contributed by atoms with E-state index in [9.17, 15) is 18.0 Å². The lowest BCUT2D eigenvalue weighted by atomic mass is 9.94. The highest BCUT2D eigenvalue weighted by molar-refractivity contribution is 7.92. The molecule has 5 rings (SSSR count). The number of hydrogen-bond donors (Lipinski definition) is 1. The predicted molar refractivity (Wildman–Crippen MR) is 178 cm³/mol. The van der Waals surface area contributed by atoms with Gasteiger partial charge in [0.2, 0.25) is 11.8 Å². The van der Waals surface area contributed by atoms with Gasteiger partial charge in [0.1, 0.15) is 12.6 Å². The van der Waals surface area contributed by atoms with Gasteiger partial charge in [-0.05, 0) is 55.2 Å². The Balaban J connectivity index is 1.54. The van der Waals surface area contributed by atoms with Gasteiger partial charge in [-0.3, -0.25) is 13.9 Å². The summed E-state index contributed by atoms with van der Waals surface area (Å²) in [5.74, 6) is -0.679. The maximum atomic E-state index is 14.5. The number of benzene rings is 4. The molecule has 1 atom stereocenters. The molecule has 4 aromatic rings. The third-order valence-electron chi connectivity index (χ3n) is 8.35. The van der Waals surface area contributed by atoms with Gasteiger partial charge in [0.15, 0.2) is 0 Å². The minimum Gasteiger partial charge on any atom is -0.352 e. The van der Waals surface area contributed by atoms with Crippen molar-refractivity contribution in [1.82, 2.24) is 10.2 Å². The zero-order chi connectivity index (χ0) is 31.6. The molecule has 45 heavy (non-hydrogen) atoms. The van der Waals surface area contributed by atoms with E-state index in [2.05, 4.69) is 5.32 Å². The Labute approximate surface area is 266 Å². The first-order valence-corrected chi connectivity index (χ1v) is 17.1. The predicted octanol–water partition coefficient (Wildman–Crippen LogP) is 6.28. The van der Waals surface area contributed by atoms with E-state index < -0.39 is 28.5 Å². The van der Waals surface area contributed by atoms with Crippen LogP contribution in [0.2, 0.25) is 0 Å². The minimum atomic E-state index is -4.11. The summed E-state index contributed by atoms with van der Waals surface area (Å²) in [7, 11) is -4.11. The molecule has 1 aliphatic rings. The van der Waals surface area contributed by atoms with E-state index in [1.165, 1.54) is 12.1 Å². The van der Waals surface area contributed by atoms with Gasteiger partial charge in [0.05, 0.1) is 10.6 Å². The monoisotopic (exact) mass is 623 g/mol. The van der Waals surface area contributed by atoms with Crippen LogP contribution < -0.4 is 9.62 Å². The Bertz CT molecular complexity index is 1640. The highest BCUT2D eigenvalue weighted by Crippen LogP contribution is 2.26. The minimum absolute atomic E-state index is 0.0562. The largest absolute Gasteiger partial charge is 0.352 e. The summed E-state index contributed by atoms with van der Waals surface area (Å²) in [6, 6.07) is 33.6. The van der Waals surface area contributed by atoms with Crippen molar-refractivity contribution in [3.63, 3.8) is 0 Å². The second-order valence-electron chi connectivity index (χ2n) is 11.7. The summed E-state index contributed by atoms with van der Waals surface area (Å²) < 4.78 is 29.3. The Morgan fingerprint density at radius 2 is 1.31 bits per heavy atom. The average molecular weight is 624 g/mol. The SMILES string of the molecule is Cc1ccc(N(CC(=O)N(Cc2ccccc2)[C@@H](Cc2ccccc2)C(=O)NC2CCCCC2)S(=O)(=O)c2ccccc2)cc1. The van der Waals surface area contributed by atoms with Crippen LogP contribution in [0.25, 0.3) is 0 Å². The zero-order valence-corrected chi connectivity index (χ0v) is 26.5. The van der Waals surface area contributed by atoms with Crippen LogP contribution in [-0.2, 0) is 32.6 Å². The molecule has 0 spiro atoms. The van der Waals surface area contributed by atoms with Crippen molar-refractivity contribution in [2.24, 2.45) is 0 Å². The quantitative estimate of drug-likeness (QED) is 0.201. The maximum Gasteiger partial charge on any atom is 0.264 e. The number of sulfonamides is 1. The molecule has 0 unspecified atom stereocenters. The van der Waals surface area contributed by atoms with Crippen LogP contribution in [0, 0.1) is 6.92 Å². The molecule has 0 heterocycles. The second kappa shape index (κ2) is 15.0. The molecule has 1 saturated carbocycles. The fourth-order valence-corrected chi connectivity index (χ4v) is 7.27. The number of carbonyl (C=O) groups is 2. The zero-order valence-electron chi connectivity index (χ0n) is 25.7. The number of hydrogen-bond acceptors (Lipinski definition) is 4. The molecule has 1 N–H and O–H groups in total. The summed E-state index contributed by atoms with van der Waals surface area (Å²) in [6.07, 6.45) is 5.39. The smallest absolute Gasteiger partial charge is 0.264 e. The van der Waals surface area contributed by atoms with E-state index in [1.54, 1.807) is 35.2 Å². The van der Waals surface area contributed by atoms with E-state index in [1.807, 2.05) is 79.7 Å². The molecule has 0 saturated heterocycles. The molecule has 0 aromatic heterocycles. The molecule has 0 bridgehead atoms. The van der Waals surface area contributed by atoms with Crippen molar-refractivity contribution in [1.29, 1.82) is 0 Å². The van der Waals surface area contributed by atoms with Crippen molar-refractivity contribution in [2.75, 3.05) is 10.8 Å². The summed E-state index contributed by atoms with van der Waals surface area (Å²) in [5, 5.41) is 3.24. The van der Waals surface area contributed by atoms with Gasteiger partial charge in [-0.15, -0.1) is 0 Å². The first kappa shape index (κ1) is 32.0. The van der Waals surface area contributed by atoms with Gasteiger partial charge >= 0.3 is 0 Å². The highest BCUT2D eigenvalue weighted by Gasteiger charge is 2.35. The number of aryl methyl sites for hydroxylation is 1. The molecule has 0 radical (unpaired) electrons. The van der Waals surface area contributed by atoms with E-state index in [0.29, 0.717) is 12.1 Å². The van der Waals surface area contributed by atoms with Gasteiger partial charge in [-0.1, -0.05) is 116 Å². The van der Waals surface area contributed by atoms with Crippen molar-refractivity contribution in [2.45, 2.75) is 69.0 Å². The standard InChI is InChI=1S/C37H41N3O4S/c1-29-22-24-33(25-23-29)40(45(43,44)34-20-12-5-13-21-34)28-36(41)39(27-31-16-8-3-9-17-31)35(26-30-14-6-2-7-15-30)37(42)38-32-18-10-4-11-19-32/h2-3,5-9,12-17,20-25,32,35H,4,10-11,18-19,26-28H2,1H3,(H,38,42)/t35-/m0/s1. The average Bonchev–Trinajstić information content (AvgIpc) is 3.07. The lowest BCUT2D eigenvalue weighted by Crippen LogP contribution is -2.55. The summed E-state index contributed by atoms with van der Waals surface area (Å²) >= 11 is 0. The van der Waals surface area contributed by atoms with Gasteiger partial charge in [0.25, 0.3) is 10.0 Å². The lowest BCUT2D eigenvalue weighted by Gasteiger charge is -2.35. The first-order chi connectivity index (χ1) is 21.8. The van der Waals surface area contributed by atoms with Gasteiger partial charge in [-0.2, -0.15) is 0 Å². The fourth-order valence-electron chi connectivity index (χ4n) is 5.84. The van der Waals surface area contributed by atoms with Crippen molar-refractivity contribution >= 4 is 27.5 Å². The Kier molecular flexibility index (Phi) is 10.7. The molecular formula is C37H41N3O4S. The Morgan fingerprint density at radius 3 is 1.91 bits per heavy atom. The lowest BCUT2D eigenvalue weighted by molar-refractivity contribution is -0.140. The van der Waals surface area contributed by atoms with Crippen LogP contribution >= 0.6 is 0 Å². The third kappa shape index (κ3) is 8.39. The molecular weight excluding hydrogens is 582 g/mol. The second-order valence-corrected chi connectivity index (χ2v) is 13.6. The third-order valence-corrected chi connectivity index (χ3v) is 10.1. The molecule has 1 aliphatic carbocycles. The van der Waals surface area contributed by atoms with Gasteiger partial charge in [0, 0.05) is 19.0 Å². The fraction of sp³-hybridized carbons (Fsp3) is 0.297. The van der Waals surface area contributed by atoms with Crippen LogP contribution in [0.4, 0.5) is 5.69 Å². The number of amides is 2. The molecule has 0 aliphatic heterocycles. The first-order valence-electron chi connectivity index (χ1n) is 15.6. The Morgan fingerprint density at radius 1 is 0.756 bits per heavy atom.